The maximum atomic E-state index is 11.4. The van der Waals surface area contributed by atoms with E-state index in [1.807, 2.05) is 4.90 Å². The van der Waals surface area contributed by atoms with Crippen molar-refractivity contribution in [3.63, 3.8) is 0 Å². The number of piperazine rings is 1. The third-order valence-corrected chi connectivity index (χ3v) is 5.47. The van der Waals surface area contributed by atoms with E-state index in [-0.39, 0.29) is 5.91 Å². The van der Waals surface area contributed by atoms with Gasteiger partial charge >= 0.3 is 0 Å². The second kappa shape index (κ2) is 10.4. The van der Waals surface area contributed by atoms with Gasteiger partial charge in [0.25, 0.3) is 0 Å². The molecule has 0 unspecified atom stereocenters. The number of rotatable bonds is 6. The SMILES string of the molecule is CN=C(NCCN1CCN(C(C)=O)CC1)NCc1ccc(C)cc1SC. The van der Waals surface area contributed by atoms with Gasteiger partial charge in [0.15, 0.2) is 5.96 Å². The number of hydrogen-bond acceptors (Lipinski definition) is 4. The summed E-state index contributed by atoms with van der Waals surface area (Å²) in [5.74, 6) is 0.994. The summed E-state index contributed by atoms with van der Waals surface area (Å²) in [4.78, 5) is 21.3. The van der Waals surface area contributed by atoms with E-state index in [0.717, 1.165) is 51.8 Å². The molecule has 0 aromatic heterocycles. The first-order valence-electron chi connectivity index (χ1n) is 9.09. The minimum Gasteiger partial charge on any atom is -0.355 e. The number of hydrogen-bond donors (Lipinski definition) is 2. The molecule has 2 N–H and O–H groups in total. The molecule has 26 heavy (non-hydrogen) atoms. The molecule has 0 bridgehead atoms. The fraction of sp³-hybridized carbons (Fsp3) is 0.579. The largest absolute Gasteiger partial charge is 0.355 e. The summed E-state index contributed by atoms with van der Waals surface area (Å²) in [7, 11) is 1.80. The Bertz CT molecular complexity index is 626. The molecule has 1 aromatic carbocycles. The Kier molecular flexibility index (Phi) is 8.25. The summed E-state index contributed by atoms with van der Waals surface area (Å²) in [5, 5.41) is 6.77. The van der Waals surface area contributed by atoms with E-state index in [1.165, 1.54) is 16.0 Å². The molecule has 2 rings (SSSR count). The molecule has 1 heterocycles. The predicted octanol–water partition coefficient (Wildman–Crippen LogP) is 1.55. The predicted molar refractivity (Wildman–Crippen MR) is 110 cm³/mol. The number of carbonyl (C=O) groups excluding carboxylic acids is 1. The van der Waals surface area contributed by atoms with Crippen molar-refractivity contribution in [2.75, 3.05) is 52.6 Å². The molecule has 0 saturated carbocycles. The molecule has 1 aromatic rings. The summed E-state index contributed by atoms with van der Waals surface area (Å²) in [6.45, 7) is 9.84. The highest BCUT2D eigenvalue weighted by Crippen LogP contribution is 2.21. The van der Waals surface area contributed by atoms with Gasteiger partial charge in [-0.1, -0.05) is 12.1 Å². The summed E-state index contributed by atoms with van der Waals surface area (Å²) in [6, 6.07) is 6.54. The lowest BCUT2D eigenvalue weighted by molar-refractivity contribution is -0.130. The number of aryl methyl sites for hydroxylation is 1. The molecule has 1 amide bonds. The van der Waals surface area contributed by atoms with Crippen molar-refractivity contribution in [1.82, 2.24) is 20.4 Å². The van der Waals surface area contributed by atoms with Crippen molar-refractivity contribution in [3.05, 3.63) is 29.3 Å². The van der Waals surface area contributed by atoms with Gasteiger partial charge in [-0.25, -0.2) is 0 Å². The Labute approximate surface area is 161 Å². The first kappa shape index (κ1) is 20.6. The van der Waals surface area contributed by atoms with E-state index in [2.05, 4.69) is 51.9 Å². The van der Waals surface area contributed by atoms with Gasteiger partial charge in [0.05, 0.1) is 0 Å². The Morgan fingerprint density at radius 3 is 2.58 bits per heavy atom. The van der Waals surface area contributed by atoms with Gasteiger partial charge in [-0.3, -0.25) is 14.7 Å². The van der Waals surface area contributed by atoms with Crippen molar-refractivity contribution < 1.29 is 4.79 Å². The number of nitrogens with one attached hydrogen (secondary N) is 2. The van der Waals surface area contributed by atoms with Crippen LogP contribution in [-0.4, -0.2) is 74.2 Å². The first-order valence-corrected chi connectivity index (χ1v) is 10.3. The van der Waals surface area contributed by atoms with Crippen LogP contribution >= 0.6 is 11.8 Å². The van der Waals surface area contributed by atoms with Gasteiger partial charge in [0.1, 0.15) is 0 Å². The summed E-state index contributed by atoms with van der Waals surface area (Å²) >= 11 is 1.77. The molecule has 1 aliphatic rings. The number of guanidine groups is 1. The zero-order valence-corrected chi connectivity index (χ0v) is 17.2. The van der Waals surface area contributed by atoms with Gasteiger partial charge in [0.2, 0.25) is 5.91 Å². The molecule has 6 nitrogen and oxygen atoms in total. The van der Waals surface area contributed by atoms with E-state index in [0.29, 0.717) is 0 Å². The molecule has 0 aliphatic carbocycles. The normalized spacial score (nSPS) is 15.8. The molecule has 144 valence electrons. The van der Waals surface area contributed by atoms with Gasteiger partial charge in [-0.15, -0.1) is 11.8 Å². The van der Waals surface area contributed by atoms with Crippen molar-refractivity contribution in [2.45, 2.75) is 25.3 Å². The van der Waals surface area contributed by atoms with Crippen LogP contribution in [0.4, 0.5) is 0 Å². The smallest absolute Gasteiger partial charge is 0.219 e. The quantitative estimate of drug-likeness (QED) is 0.447. The van der Waals surface area contributed by atoms with E-state index in [4.69, 9.17) is 0 Å². The van der Waals surface area contributed by atoms with Gasteiger partial charge < -0.3 is 15.5 Å². The van der Waals surface area contributed by atoms with E-state index in [1.54, 1.807) is 25.7 Å². The lowest BCUT2D eigenvalue weighted by atomic mass is 10.1. The fourth-order valence-electron chi connectivity index (χ4n) is 3.02. The molecule has 1 aliphatic heterocycles. The third-order valence-electron chi connectivity index (χ3n) is 4.65. The zero-order chi connectivity index (χ0) is 18.9. The second-order valence-electron chi connectivity index (χ2n) is 6.52. The molecular weight excluding hydrogens is 346 g/mol. The van der Waals surface area contributed by atoms with Crippen molar-refractivity contribution in [2.24, 2.45) is 4.99 Å². The van der Waals surface area contributed by atoms with Crippen molar-refractivity contribution in [1.29, 1.82) is 0 Å². The minimum atomic E-state index is 0.174. The Hall–Kier alpha value is -1.73. The lowest BCUT2D eigenvalue weighted by Crippen LogP contribution is -2.50. The van der Waals surface area contributed by atoms with Crippen molar-refractivity contribution in [3.8, 4) is 0 Å². The van der Waals surface area contributed by atoms with Crippen LogP contribution in [0.15, 0.2) is 28.1 Å². The van der Waals surface area contributed by atoms with Crippen LogP contribution in [0.1, 0.15) is 18.1 Å². The topological polar surface area (TPSA) is 60.0 Å². The monoisotopic (exact) mass is 377 g/mol. The van der Waals surface area contributed by atoms with Crippen LogP contribution in [0, 0.1) is 6.92 Å². The van der Waals surface area contributed by atoms with Crippen LogP contribution in [0.2, 0.25) is 0 Å². The molecule has 7 heteroatoms. The number of carbonyl (C=O) groups is 1. The van der Waals surface area contributed by atoms with E-state index in [9.17, 15) is 4.79 Å². The average Bonchev–Trinajstić information content (AvgIpc) is 2.65. The Morgan fingerprint density at radius 1 is 1.23 bits per heavy atom. The van der Waals surface area contributed by atoms with E-state index >= 15 is 0 Å². The lowest BCUT2D eigenvalue weighted by Gasteiger charge is -2.34. The average molecular weight is 378 g/mol. The number of benzene rings is 1. The molecule has 0 atom stereocenters. The fourth-order valence-corrected chi connectivity index (χ4v) is 3.72. The van der Waals surface area contributed by atoms with Crippen LogP contribution in [0.25, 0.3) is 0 Å². The standard InChI is InChI=1S/C19H31N5OS/c1-15-5-6-17(18(13-15)26-4)14-22-19(20-3)21-7-8-23-9-11-24(12-10-23)16(2)25/h5-6,13H,7-12,14H2,1-4H3,(H2,20,21,22). The van der Waals surface area contributed by atoms with Crippen LogP contribution in [-0.2, 0) is 11.3 Å². The zero-order valence-electron chi connectivity index (χ0n) is 16.3. The third kappa shape index (κ3) is 6.21. The Balaban J connectivity index is 1.73. The summed E-state index contributed by atoms with van der Waals surface area (Å²) in [5.41, 5.74) is 2.57. The molecular formula is C19H31N5OS. The molecule has 0 spiro atoms. The number of aliphatic imine (C=N–C) groups is 1. The Morgan fingerprint density at radius 2 is 1.96 bits per heavy atom. The van der Waals surface area contributed by atoms with Gasteiger partial charge in [-0.2, -0.15) is 0 Å². The van der Waals surface area contributed by atoms with Crippen LogP contribution < -0.4 is 10.6 Å². The van der Waals surface area contributed by atoms with Crippen LogP contribution in [0.3, 0.4) is 0 Å². The molecule has 1 saturated heterocycles. The maximum absolute atomic E-state index is 11.4. The number of thioether (sulfide) groups is 1. The van der Waals surface area contributed by atoms with E-state index < -0.39 is 0 Å². The second-order valence-corrected chi connectivity index (χ2v) is 7.36. The highest BCUT2D eigenvalue weighted by atomic mass is 32.2. The maximum Gasteiger partial charge on any atom is 0.219 e. The summed E-state index contributed by atoms with van der Waals surface area (Å²) < 4.78 is 0. The highest BCUT2D eigenvalue weighted by molar-refractivity contribution is 7.98. The molecule has 0 radical (unpaired) electrons. The first-order chi connectivity index (χ1) is 12.5. The summed E-state index contributed by atoms with van der Waals surface area (Å²) in [6.07, 6.45) is 2.11. The number of nitrogens with zero attached hydrogens (tertiary/aromatic N) is 3. The highest BCUT2D eigenvalue weighted by Gasteiger charge is 2.17. The van der Waals surface area contributed by atoms with Gasteiger partial charge in [-0.05, 0) is 30.4 Å². The molecule has 1 fully saturated rings. The minimum absolute atomic E-state index is 0.174. The van der Waals surface area contributed by atoms with Gasteiger partial charge in [0, 0.05) is 64.7 Å². The van der Waals surface area contributed by atoms with Crippen LogP contribution in [0.5, 0.6) is 0 Å². The number of amides is 1. The van der Waals surface area contributed by atoms with Crippen molar-refractivity contribution >= 4 is 23.6 Å².